The highest BCUT2D eigenvalue weighted by molar-refractivity contribution is 9.10. The molecule has 2 aromatic rings. The quantitative estimate of drug-likeness (QED) is 0.845. The third-order valence-electron chi connectivity index (χ3n) is 2.49. The van der Waals surface area contributed by atoms with Gasteiger partial charge in [-0.3, -0.25) is 4.98 Å². The van der Waals surface area contributed by atoms with E-state index in [2.05, 4.69) is 61.2 Å². The van der Waals surface area contributed by atoms with E-state index in [1.165, 1.54) is 5.56 Å². The number of halogens is 2. The molecular formula is C13H12Br2N2. The Labute approximate surface area is 118 Å². The fraction of sp³-hybridized carbons (Fsp3) is 0.154. The average molecular weight is 356 g/mol. The number of nitrogens with one attached hydrogen (secondary N) is 1. The molecule has 2 rings (SSSR count). The third-order valence-corrected chi connectivity index (χ3v) is 3.62. The Morgan fingerprint density at radius 3 is 2.71 bits per heavy atom. The molecule has 4 heteroatoms. The Hall–Kier alpha value is -0.870. The number of aryl methyl sites for hydroxylation is 1. The monoisotopic (exact) mass is 354 g/mol. The van der Waals surface area contributed by atoms with E-state index in [-0.39, 0.29) is 0 Å². The summed E-state index contributed by atoms with van der Waals surface area (Å²) in [5, 5.41) is 3.41. The minimum atomic E-state index is 0.963. The van der Waals surface area contributed by atoms with Crippen LogP contribution in [0.1, 0.15) is 12.5 Å². The SMILES string of the molecule is CCc1cc(Br)ccc1Nc1ccncc1Br. The third kappa shape index (κ3) is 3.07. The Balaban J connectivity index is 2.33. The van der Waals surface area contributed by atoms with E-state index in [1.807, 2.05) is 12.1 Å². The fourth-order valence-corrected chi connectivity index (χ4v) is 2.36. The van der Waals surface area contributed by atoms with Gasteiger partial charge >= 0.3 is 0 Å². The van der Waals surface area contributed by atoms with Gasteiger partial charge in [0, 0.05) is 22.6 Å². The summed E-state index contributed by atoms with van der Waals surface area (Å²) in [5.74, 6) is 0. The molecule has 0 atom stereocenters. The van der Waals surface area contributed by atoms with Gasteiger partial charge in [-0.1, -0.05) is 22.9 Å². The molecule has 0 amide bonds. The molecule has 0 aliphatic rings. The molecule has 0 radical (unpaired) electrons. The van der Waals surface area contributed by atoms with E-state index >= 15 is 0 Å². The van der Waals surface area contributed by atoms with Crippen LogP contribution < -0.4 is 5.32 Å². The highest BCUT2D eigenvalue weighted by Crippen LogP contribution is 2.28. The predicted octanol–water partition coefficient (Wildman–Crippen LogP) is 4.91. The topological polar surface area (TPSA) is 24.9 Å². The van der Waals surface area contributed by atoms with E-state index < -0.39 is 0 Å². The molecular weight excluding hydrogens is 344 g/mol. The summed E-state index contributed by atoms with van der Waals surface area (Å²) in [5.41, 5.74) is 3.43. The lowest BCUT2D eigenvalue weighted by atomic mass is 10.1. The summed E-state index contributed by atoms with van der Waals surface area (Å²) >= 11 is 6.97. The lowest BCUT2D eigenvalue weighted by molar-refractivity contribution is 1.14. The molecule has 0 fully saturated rings. The molecule has 1 aromatic heterocycles. The summed E-state index contributed by atoms with van der Waals surface area (Å²) in [7, 11) is 0. The van der Waals surface area contributed by atoms with Gasteiger partial charge in [0.05, 0.1) is 10.2 Å². The number of nitrogens with zero attached hydrogens (tertiary/aromatic N) is 1. The van der Waals surface area contributed by atoms with Crippen LogP contribution in [0.25, 0.3) is 0 Å². The standard InChI is InChI=1S/C13H12Br2N2/c1-2-9-7-10(14)3-4-12(9)17-13-5-6-16-8-11(13)15/h3-8H,2H2,1H3,(H,16,17). The van der Waals surface area contributed by atoms with Gasteiger partial charge in [-0.05, 0) is 52.2 Å². The van der Waals surface area contributed by atoms with Gasteiger partial charge < -0.3 is 5.32 Å². The van der Waals surface area contributed by atoms with Crippen molar-refractivity contribution in [3.63, 3.8) is 0 Å². The van der Waals surface area contributed by atoms with E-state index in [0.29, 0.717) is 0 Å². The molecule has 2 nitrogen and oxygen atoms in total. The lowest BCUT2D eigenvalue weighted by Crippen LogP contribution is -1.96. The Morgan fingerprint density at radius 2 is 2.00 bits per heavy atom. The number of pyridine rings is 1. The van der Waals surface area contributed by atoms with Crippen LogP contribution in [-0.2, 0) is 6.42 Å². The van der Waals surface area contributed by atoms with Gasteiger partial charge in [-0.25, -0.2) is 0 Å². The highest BCUT2D eigenvalue weighted by Gasteiger charge is 2.04. The highest BCUT2D eigenvalue weighted by atomic mass is 79.9. The second kappa shape index (κ2) is 5.65. The summed E-state index contributed by atoms with van der Waals surface area (Å²) in [6, 6.07) is 8.20. The van der Waals surface area contributed by atoms with Crippen LogP contribution in [0.4, 0.5) is 11.4 Å². The van der Waals surface area contributed by atoms with E-state index in [4.69, 9.17) is 0 Å². The van der Waals surface area contributed by atoms with Crippen LogP contribution in [0, 0.1) is 0 Å². The van der Waals surface area contributed by atoms with Crippen molar-refractivity contribution in [1.82, 2.24) is 4.98 Å². The Kier molecular flexibility index (Phi) is 4.18. The Bertz CT molecular complexity index is 527. The molecule has 0 aliphatic carbocycles. The first-order valence-electron chi connectivity index (χ1n) is 5.35. The second-order valence-electron chi connectivity index (χ2n) is 3.64. The number of rotatable bonds is 3. The molecule has 0 unspecified atom stereocenters. The number of benzene rings is 1. The number of aromatic nitrogens is 1. The lowest BCUT2D eigenvalue weighted by Gasteiger charge is -2.12. The molecule has 0 bridgehead atoms. The molecule has 0 saturated carbocycles. The molecule has 17 heavy (non-hydrogen) atoms. The van der Waals surface area contributed by atoms with Crippen LogP contribution in [0.5, 0.6) is 0 Å². The van der Waals surface area contributed by atoms with Crippen molar-refractivity contribution in [2.24, 2.45) is 0 Å². The first kappa shape index (κ1) is 12.6. The maximum atomic E-state index is 4.05. The first-order chi connectivity index (χ1) is 8.20. The molecule has 1 heterocycles. The summed E-state index contributed by atoms with van der Waals surface area (Å²) in [6.45, 7) is 2.15. The van der Waals surface area contributed by atoms with Crippen LogP contribution in [0.2, 0.25) is 0 Å². The number of anilines is 2. The number of hydrogen-bond donors (Lipinski definition) is 1. The summed E-state index contributed by atoms with van der Waals surface area (Å²) < 4.78 is 2.07. The van der Waals surface area contributed by atoms with E-state index in [9.17, 15) is 0 Å². The van der Waals surface area contributed by atoms with Crippen molar-refractivity contribution >= 4 is 43.2 Å². The molecule has 1 aromatic carbocycles. The molecule has 88 valence electrons. The average Bonchev–Trinajstić information content (AvgIpc) is 2.34. The first-order valence-corrected chi connectivity index (χ1v) is 6.94. The normalized spacial score (nSPS) is 10.3. The fourth-order valence-electron chi connectivity index (χ4n) is 1.60. The number of hydrogen-bond acceptors (Lipinski definition) is 2. The Morgan fingerprint density at radius 1 is 1.18 bits per heavy atom. The molecule has 0 saturated heterocycles. The van der Waals surface area contributed by atoms with Crippen molar-refractivity contribution in [1.29, 1.82) is 0 Å². The minimum absolute atomic E-state index is 0.963. The van der Waals surface area contributed by atoms with Gasteiger partial charge in [0.2, 0.25) is 0 Å². The van der Waals surface area contributed by atoms with Gasteiger partial charge in [0.1, 0.15) is 0 Å². The smallest absolute Gasteiger partial charge is 0.0593 e. The summed E-state index contributed by atoms with van der Waals surface area (Å²) in [6.07, 6.45) is 4.55. The predicted molar refractivity (Wildman–Crippen MR) is 78.7 cm³/mol. The van der Waals surface area contributed by atoms with Gasteiger partial charge in [0.25, 0.3) is 0 Å². The van der Waals surface area contributed by atoms with Crippen molar-refractivity contribution in [3.05, 3.63) is 51.2 Å². The van der Waals surface area contributed by atoms with Crippen molar-refractivity contribution < 1.29 is 0 Å². The summed E-state index contributed by atoms with van der Waals surface area (Å²) in [4.78, 5) is 4.05. The van der Waals surface area contributed by atoms with Gasteiger partial charge in [-0.2, -0.15) is 0 Å². The zero-order valence-corrected chi connectivity index (χ0v) is 12.5. The molecule has 0 aliphatic heterocycles. The van der Waals surface area contributed by atoms with Crippen LogP contribution in [0.3, 0.4) is 0 Å². The largest absolute Gasteiger partial charge is 0.354 e. The minimum Gasteiger partial charge on any atom is -0.354 e. The van der Waals surface area contributed by atoms with Gasteiger partial charge in [-0.15, -0.1) is 0 Å². The maximum Gasteiger partial charge on any atom is 0.0593 e. The zero-order valence-electron chi connectivity index (χ0n) is 9.37. The van der Waals surface area contributed by atoms with Crippen LogP contribution >= 0.6 is 31.9 Å². The van der Waals surface area contributed by atoms with Crippen molar-refractivity contribution in [3.8, 4) is 0 Å². The van der Waals surface area contributed by atoms with E-state index in [1.54, 1.807) is 12.4 Å². The second-order valence-corrected chi connectivity index (χ2v) is 5.41. The zero-order chi connectivity index (χ0) is 12.3. The van der Waals surface area contributed by atoms with Crippen molar-refractivity contribution in [2.45, 2.75) is 13.3 Å². The van der Waals surface area contributed by atoms with Crippen LogP contribution in [-0.4, -0.2) is 4.98 Å². The molecule has 1 N–H and O–H groups in total. The molecule has 0 spiro atoms. The maximum absolute atomic E-state index is 4.05. The van der Waals surface area contributed by atoms with E-state index in [0.717, 1.165) is 26.7 Å². The van der Waals surface area contributed by atoms with Gasteiger partial charge in [0.15, 0.2) is 0 Å². The van der Waals surface area contributed by atoms with Crippen molar-refractivity contribution in [2.75, 3.05) is 5.32 Å². The van der Waals surface area contributed by atoms with Crippen LogP contribution in [0.15, 0.2) is 45.6 Å².